The maximum atomic E-state index is 10.8. The van der Waals surface area contributed by atoms with Gasteiger partial charge in [-0.3, -0.25) is 4.79 Å². The van der Waals surface area contributed by atoms with Crippen LogP contribution in [0.3, 0.4) is 0 Å². The maximum absolute atomic E-state index is 10.8. The summed E-state index contributed by atoms with van der Waals surface area (Å²) in [5, 5.41) is 10.1. The van der Waals surface area contributed by atoms with Crippen LogP contribution < -0.4 is 0 Å². The number of phenols is 1. The van der Waals surface area contributed by atoms with Gasteiger partial charge in [0.05, 0.1) is 0 Å². The predicted octanol–water partition coefficient (Wildman–Crippen LogP) is 2.26. The van der Waals surface area contributed by atoms with E-state index in [4.69, 9.17) is 4.74 Å². The molecule has 0 amide bonds. The Kier molecular flexibility index (Phi) is 4.62. The Bertz CT molecular complexity index is 338. The molecule has 3 nitrogen and oxygen atoms in total. The Balaban J connectivity index is 2.66. The monoisotopic (exact) mass is 272 g/mol. The third-order valence-electron chi connectivity index (χ3n) is 1.94. The number of hydrogen-bond donors (Lipinski definition) is 1. The van der Waals surface area contributed by atoms with Crippen molar-refractivity contribution in [2.24, 2.45) is 0 Å². The second-order valence-electron chi connectivity index (χ2n) is 3.22. The van der Waals surface area contributed by atoms with Crippen LogP contribution in [0.1, 0.15) is 12.5 Å². The molecule has 0 saturated heterocycles. The summed E-state index contributed by atoms with van der Waals surface area (Å²) in [4.78, 5) is 10.8. The number of rotatable bonds is 4. The first kappa shape index (κ1) is 12.0. The minimum absolute atomic E-state index is 0.232. The lowest BCUT2D eigenvalue weighted by molar-refractivity contribution is -0.145. The number of aromatic hydroxyl groups is 1. The Morgan fingerprint density at radius 1 is 1.53 bits per heavy atom. The number of para-hydroxylation sites is 1. The van der Waals surface area contributed by atoms with E-state index in [-0.39, 0.29) is 17.8 Å². The molecule has 0 radical (unpaired) electrons. The van der Waals surface area contributed by atoms with Crippen molar-refractivity contribution in [3.05, 3.63) is 29.8 Å². The zero-order valence-corrected chi connectivity index (χ0v) is 10.0. The zero-order chi connectivity index (χ0) is 11.3. The Labute approximate surface area is 97.2 Å². The topological polar surface area (TPSA) is 46.5 Å². The number of halogens is 1. The van der Waals surface area contributed by atoms with Gasteiger partial charge in [0.1, 0.15) is 11.9 Å². The van der Waals surface area contributed by atoms with E-state index in [2.05, 4.69) is 15.9 Å². The van der Waals surface area contributed by atoms with Crippen LogP contribution in [0.25, 0.3) is 0 Å². The van der Waals surface area contributed by atoms with Crippen LogP contribution >= 0.6 is 15.9 Å². The van der Waals surface area contributed by atoms with Crippen LogP contribution in [-0.2, 0) is 16.0 Å². The molecular formula is C11H13BrO3. The molecule has 1 aromatic rings. The van der Waals surface area contributed by atoms with E-state index in [0.29, 0.717) is 11.8 Å². The summed E-state index contributed by atoms with van der Waals surface area (Å²) in [6, 6.07) is 7.03. The van der Waals surface area contributed by atoms with Crippen LogP contribution in [0.15, 0.2) is 24.3 Å². The summed E-state index contributed by atoms with van der Waals surface area (Å²) in [6.07, 6.45) is 0.271. The molecule has 0 bridgehead atoms. The molecule has 0 aliphatic rings. The average Bonchev–Trinajstić information content (AvgIpc) is 2.19. The lowest BCUT2D eigenvalue weighted by atomic mass is 10.1. The van der Waals surface area contributed by atoms with Gasteiger partial charge in [0.2, 0.25) is 0 Å². The molecule has 0 spiro atoms. The van der Waals surface area contributed by atoms with Gasteiger partial charge in [-0.25, -0.2) is 0 Å². The van der Waals surface area contributed by atoms with Crippen molar-refractivity contribution in [2.45, 2.75) is 19.4 Å². The van der Waals surface area contributed by atoms with E-state index in [1.165, 1.54) is 6.92 Å². The molecule has 1 rings (SSSR count). The first-order chi connectivity index (χ1) is 7.13. The van der Waals surface area contributed by atoms with Crippen molar-refractivity contribution in [3.8, 4) is 5.75 Å². The van der Waals surface area contributed by atoms with E-state index >= 15 is 0 Å². The number of carbonyl (C=O) groups is 1. The molecule has 0 heterocycles. The molecule has 4 heteroatoms. The summed E-state index contributed by atoms with van der Waals surface area (Å²) in [6.45, 7) is 1.38. The zero-order valence-electron chi connectivity index (χ0n) is 8.44. The highest BCUT2D eigenvalue weighted by Crippen LogP contribution is 2.19. The Hall–Kier alpha value is -1.03. The molecular weight excluding hydrogens is 260 g/mol. The first-order valence-electron chi connectivity index (χ1n) is 4.63. The highest BCUT2D eigenvalue weighted by molar-refractivity contribution is 9.09. The fourth-order valence-corrected chi connectivity index (χ4v) is 1.65. The molecule has 0 saturated carbocycles. The van der Waals surface area contributed by atoms with Gasteiger partial charge in [-0.1, -0.05) is 34.1 Å². The van der Waals surface area contributed by atoms with E-state index in [0.717, 1.165) is 5.56 Å². The van der Waals surface area contributed by atoms with Gasteiger partial charge in [0.25, 0.3) is 0 Å². The summed E-state index contributed by atoms with van der Waals surface area (Å²) in [7, 11) is 0. The fourth-order valence-electron chi connectivity index (χ4n) is 1.29. The quantitative estimate of drug-likeness (QED) is 0.676. The van der Waals surface area contributed by atoms with E-state index in [1.54, 1.807) is 12.1 Å². The minimum Gasteiger partial charge on any atom is -0.508 e. The van der Waals surface area contributed by atoms with Crippen molar-refractivity contribution in [1.82, 2.24) is 0 Å². The molecule has 1 aromatic carbocycles. The largest absolute Gasteiger partial charge is 0.508 e. The third-order valence-corrected chi connectivity index (χ3v) is 2.67. The second kappa shape index (κ2) is 5.75. The number of benzene rings is 1. The normalized spacial score (nSPS) is 12.1. The molecule has 0 aliphatic carbocycles. The number of alkyl halides is 1. The number of carbonyl (C=O) groups excluding carboxylic acids is 1. The van der Waals surface area contributed by atoms with Gasteiger partial charge >= 0.3 is 5.97 Å². The van der Waals surface area contributed by atoms with Crippen molar-refractivity contribution in [2.75, 3.05) is 5.33 Å². The summed E-state index contributed by atoms with van der Waals surface area (Å²) < 4.78 is 5.06. The molecule has 0 unspecified atom stereocenters. The van der Waals surface area contributed by atoms with Gasteiger partial charge < -0.3 is 9.84 Å². The number of esters is 1. The second-order valence-corrected chi connectivity index (χ2v) is 3.87. The molecule has 0 aromatic heterocycles. The van der Waals surface area contributed by atoms with Crippen molar-refractivity contribution >= 4 is 21.9 Å². The third kappa shape index (κ3) is 3.91. The van der Waals surface area contributed by atoms with Crippen LogP contribution in [0.4, 0.5) is 0 Å². The lowest BCUT2D eigenvalue weighted by Gasteiger charge is -2.14. The number of hydrogen-bond acceptors (Lipinski definition) is 3. The molecule has 1 N–H and O–H groups in total. The Morgan fingerprint density at radius 2 is 2.20 bits per heavy atom. The minimum atomic E-state index is -0.310. The smallest absolute Gasteiger partial charge is 0.302 e. The summed E-state index contributed by atoms with van der Waals surface area (Å²) in [5.74, 6) is -0.0783. The van der Waals surface area contributed by atoms with Gasteiger partial charge in [0.15, 0.2) is 0 Å². The SMILES string of the molecule is CC(=O)O[C@@H](CBr)Cc1ccccc1O. The first-order valence-corrected chi connectivity index (χ1v) is 5.75. The van der Waals surface area contributed by atoms with Crippen molar-refractivity contribution < 1.29 is 14.6 Å². The van der Waals surface area contributed by atoms with E-state index in [1.807, 2.05) is 12.1 Å². The van der Waals surface area contributed by atoms with Crippen LogP contribution in [0.5, 0.6) is 5.75 Å². The average molecular weight is 273 g/mol. The fraction of sp³-hybridized carbons (Fsp3) is 0.364. The van der Waals surface area contributed by atoms with Crippen LogP contribution in [0, 0.1) is 0 Å². The van der Waals surface area contributed by atoms with Crippen LogP contribution in [-0.4, -0.2) is 22.5 Å². The Morgan fingerprint density at radius 3 is 2.73 bits per heavy atom. The van der Waals surface area contributed by atoms with Crippen LogP contribution in [0.2, 0.25) is 0 Å². The van der Waals surface area contributed by atoms with E-state index in [9.17, 15) is 9.90 Å². The number of phenolic OH excluding ortho intramolecular Hbond substituents is 1. The summed E-state index contributed by atoms with van der Waals surface area (Å²) in [5.41, 5.74) is 0.781. The van der Waals surface area contributed by atoms with Gasteiger partial charge in [-0.05, 0) is 11.6 Å². The molecule has 1 atom stereocenters. The molecule has 15 heavy (non-hydrogen) atoms. The highest BCUT2D eigenvalue weighted by atomic mass is 79.9. The molecule has 82 valence electrons. The van der Waals surface area contributed by atoms with E-state index < -0.39 is 0 Å². The predicted molar refractivity (Wildman–Crippen MR) is 61.2 cm³/mol. The van der Waals surface area contributed by atoms with Gasteiger partial charge in [-0.15, -0.1) is 0 Å². The molecule has 0 fully saturated rings. The lowest BCUT2D eigenvalue weighted by Crippen LogP contribution is -2.20. The maximum Gasteiger partial charge on any atom is 0.302 e. The highest BCUT2D eigenvalue weighted by Gasteiger charge is 2.13. The summed E-state index contributed by atoms with van der Waals surface area (Å²) >= 11 is 3.27. The van der Waals surface area contributed by atoms with Crippen molar-refractivity contribution in [1.29, 1.82) is 0 Å². The number of ether oxygens (including phenoxy) is 1. The standard InChI is InChI=1S/C11H13BrO3/c1-8(13)15-10(7-12)6-9-4-2-3-5-11(9)14/h2-5,10,14H,6-7H2,1H3/t10-/m1/s1. The van der Waals surface area contributed by atoms with Crippen molar-refractivity contribution in [3.63, 3.8) is 0 Å². The molecule has 0 aliphatic heterocycles. The van der Waals surface area contributed by atoms with Gasteiger partial charge in [0, 0.05) is 18.7 Å². The van der Waals surface area contributed by atoms with Gasteiger partial charge in [-0.2, -0.15) is 0 Å².